The van der Waals surface area contributed by atoms with Gasteiger partial charge in [-0.15, -0.1) is 0 Å². The summed E-state index contributed by atoms with van der Waals surface area (Å²) in [6.07, 6.45) is 3.40. The number of carbonyl (C=O) groups excluding carboxylic acids is 1. The van der Waals surface area contributed by atoms with E-state index in [1.165, 1.54) is 12.1 Å². The molecule has 1 aromatic heterocycles. The number of hydrogen-bond acceptors (Lipinski definition) is 6. The lowest BCUT2D eigenvalue weighted by atomic mass is 9.92. The molecule has 1 amide bonds. The maximum atomic E-state index is 13.2. The zero-order valence-electron chi connectivity index (χ0n) is 16.6. The van der Waals surface area contributed by atoms with Crippen LogP contribution in [0.15, 0.2) is 30.5 Å². The molecule has 3 atom stereocenters. The van der Waals surface area contributed by atoms with Gasteiger partial charge < -0.3 is 20.7 Å². The maximum absolute atomic E-state index is 13.2. The molecule has 3 N–H and O–H groups in total. The van der Waals surface area contributed by atoms with Crippen LogP contribution in [0.4, 0.5) is 15.9 Å². The van der Waals surface area contributed by atoms with Crippen molar-refractivity contribution in [3.63, 3.8) is 0 Å². The summed E-state index contributed by atoms with van der Waals surface area (Å²) in [7, 11) is 0. The number of piperidine rings is 1. The maximum Gasteiger partial charge on any atom is 0.254 e. The zero-order chi connectivity index (χ0) is 21.1. The second-order valence-electron chi connectivity index (χ2n) is 7.95. The number of ether oxygens (including phenoxy) is 1. The molecule has 30 heavy (non-hydrogen) atoms. The Morgan fingerprint density at radius 2 is 2.17 bits per heavy atom. The lowest BCUT2D eigenvalue weighted by Gasteiger charge is -2.36. The highest BCUT2D eigenvalue weighted by Crippen LogP contribution is 2.30. The highest BCUT2D eigenvalue weighted by atomic mass is 19.1. The molecule has 0 bridgehead atoms. The van der Waals surface area contributed by atoms with Gasteiger partial charge in [0.25, 0.3) is 5.91 Å². The summed E-state index contributed by atoms with van der Waals surface area (Å²) >= 11 is 0. The summed E-state index contributed by atoms with van der Waals surface area (Å²) in [4.78, 5) is 14.3. The van der Waals surface area contributed by atoms with Crippen LogP contribution in [0, 0.1) is 29.0 Å². The number of carbonyl (C=O) groups is 1. The molecule has 0 spiro atoms. The monoisotopic (exact) mass is 412 g/mol. The number of aromatic nitrogens is 2. The summed E-state index contributed by atoms with van der Waals surface area (Å²) in [5.74, 6) is -0.366. The third-order valence-electron chi connectivity index (χ3n) is 5.82. The molecule has 2 aliphatic heterocycles. The Morgan fingerprint density at radius 3 is 2.83 bits per heavy atom. The zero-order valence-corrected chi connectivity index (χ0v) is 16.6. The largest absolute Gasteiger partial charge is 0.381 e. The molecule has 3 heterocycles. The number of nitrogens with one attached hydrogen (secondary N) is 1. The van der Waals surface area contributed by atoms with Gasteiger partial charge in [0, 0.05) is 31.6 Å². The molecule has 8 nitrogen and oxygen atoms in total. The lowest BCUT2D eigenvalue weighted by molar-refractivity contribution is 0.0999. The van der Waals surface area contributed by atoms with E-state index in [4.69, 9.17) is 10.5 Å². The molecule has 0 saturated carbocycles. The van der Waals surface area contributed by atoms with E-state index in [0.717, 1.165) is 39.1 Å². The Labute approximate surface area is 174 Å². The molecule has 2 fully saturated rings. The number of benzene rings is 1. The van der Waals surface area contributed by atoms with Crippen molar-refractivity contribution in [2.24, 2.45) is 17.6 Å². The number of hydrogen-bond donors (Lipinski definition) is 2. The number of rotatable bonds is 6. The van der Waals surface area contributed by atoms with E-state index < -0.39 is 5.91 Å². The van der Waals surface area contributed by atoms with Crippen molar-refractivity contribution >= 4 is 17.4 Å². The van der Waals surface area contributed by atoms with E-state index in [0.29, 0.717) is 24.0 Å². The van der Waals surface area contributed by atoms with E-state index in [2.05, 4.69) is 21.4 Å². The van der Waals surface area contributed by atoms with Crippen LogP contribution in [0.3, 0.4) is 0 Å². The fourth-order valence-electron chi connectivity index (χ4n) is 4.18. The highest BCUT2D eigenvalue weighted by Gasteiger charge is 2.33. The smallest absolute Gasteiger partial charge is 0.254 e. The summed E-state index contributed by atoms with van der Waals surface area (Å²) in [6, 6.07) is 7.96. The predicted molar refractivity (Wildman–Crippen MR) is 109 cm³/mol. The molecular weight excluding hydrogens is 387 g/mol. The van der Waals surface area contributed by atoms with E-state index >= 15 is 0 Å². The van der Waals surface area contributed by atoms with Crippen LogP contribution in [0.1, 0.15) is 29.2 Å². The van der Waals surface area contributed by atoms with Crippen molar-refractivity contribution in [3.05, 3.63) is 41.8 Å². The van der Waals surface area contributed by atoms with Crippen LogP contribution in [0.25, 0.3) is 0 Å². The molecule has 4 rings (SSSR count). The van der Waals surface area contributed by atoms with E-state index in [9.17, 15) is 14.4 Å². The van der Waals surface area contributed by atoms with Gasteiger partial charge in [0.05, 0.1) is 24.6 Å². The van der Waals surface area contributed by atoms with Crippen molar-refractivity contribution in [1.82, 2.24) is 14.7 Å². The first kappa shape index (κ1) is 20.3. The fraction of sp³-hybridized carbons (Fsp3) is 0.476. The molecule has 0 radical (unpaired) electrons. The number of nitrogens with zero attached hydrogens (tertiary/aromatic N) is 4. The average Bonchev–Trinajstić information content (AvgIpc) is 3.40. The average molecular weight is 412 g/mol. The predicted octanol–water partition coefficient (Wildman–Crippen LogP) is 2.29. The van der Waals surface area contributed by atoms with Gasteiger partial charge in [-0.2, -0.15) is 10.4 Å². The van der Waals surface area contributed by atoms with Crippen LogP contribution in [0.5, 0.6) is 0 Å². The molecule has 3 unspecified atom stereocenters. The van der Waals surface area contributed by atoms with Gasteiger partial charge in [0.15, 0.2) is 5.82 Å². The van der Waals surface area contributed by atoms with Crippen molar-refractivity contribution in [3.8, 4) is 6.07 Å². The molecular formula is C21H25FN6O2. The van der Waals surface area contributed by atoms with Gasteiger partial charge >= 0.3 is 0 Å². The minimum absolute atomic E-state index is 0.187. The Morgan fingerprint density at radius 1 is 1.37 bits per heavy atom. The van der Waals surface area contributed by atoms with Gasteiger partial charge in [-0.25, -0.2) is 4.39 Å². The summed E-state index contributed by atoms with van der Waals surface area (Å²) in [6.45, 7) is 4.05. The minimum Gasteiger partial charge on any atom is -0.381 e. The lowest BCUT2D eigenvalue weighted by Crippen LogP contribution is -2.43. The quantitative estimate of drug-likeness (QED) is 0.753. The topological polar surface area (TPSA) is 109 Å². The summed E-state index contributed by atoms with van der Waals surface area (Å²) in [5, 5.41) is 17.2. The first-order chi connectivity index (χ1) is 14.5. The molecule has 2 aromatic rings. The second kappa shape index (κ2) is 8.81. The third-order valence-corrected chi connectivity index (χ3v) is 5.82. The van der Waals surface area contributed by atoms with E-state index in [1.54, 1.807) is 23.0 Å². The number of anilines is 2. The number of primary amides is 1. The Bertz CT molecular complexity index is 932. The number of nitrogens with two attached hydrogens (primary N) is 1. The molecule has 2 aliphatic rings. The minimum atomic E-state index is -0.616. The van der Waals surface area contributed by atoms with Crippen LogP contribution < -0.4 is 11.1 Å². The van der Waals surface area contributed by atoms with Crippen LogP contribution in [-0.4, -0.2) is 53.4 Å². The molecule has 0 aliphatic carbocycles. The van der Waals surface area contributed by atoms with Crippen LogP contribution >= 0.6 is 0 Å². The van der Waals surface area contributed by atoms with Crippen molar-refractivity contribution in [2.45, 2.75) is 18.9 Å². The normalized spacial score (nSPS) is 24.5. The number of halogens is 1. The van der Waals surface area contributed by atoms with Gasteiger partial charge in [0.2, 0.25) is 0 Å². The van der Waals surface area contributed by atoms with Gasteiger partial charge in [-0.3, -0.25) is 9.48 Å². The third kappa shape index (κ3) is 4.45. The number of likely N-dealkylation sites (tertiary alicyclic amines) is 1. The fourth-order valence-corrected chi connectivity index (χ4v) is 4.18. The van der Waals surface area contributed by atoms with Crippen LogP contribution in [-0.2, 0) is 4.74 Å². The first-order valence-electron chi connectivity index (χ1n) is 10.1. The molecule has 2 saturated heterocycles. The molecule has 1 aromatic carbocycles. The van der Waals surface area contributed by atoms with Crippen molar-refractivity contribution in [2.75, 3.05) is 38.2 Å². The van der Waals surface area contributed by atoms with Crippen LogP contribution in [0.2, 0.25) is 0 Å². The number of nitriles is 1. The SMILES string of the molecule is N#CC1CCN(CC2CCOC2)CC1n1cc(C(N)=O)c(Nc2ccc(F)cc2)n1. The van der Waals surface area contributed by atoms with E-state index in [1.807, 2.05) is 0 Å². The van der Waals surface area contributed by atoms with Gasteiger partial charge in [-0.1, -0.05) is 0 Å². The van der Waals surface area contributed by atoms with Crippen molar-refractivity contribution < 1.29 is 13.9 Å². The summed E-state index contributed by atoms with van der Waals surface area (Å²) in [5.41, 5.74) is 6.38. The second-order valence-corrected chi connectivity index (χ2v) is 7.95. The van der Waals surface area contributed by atoms with Crippen molar-refractivity contribution in [1.29, 1.82) is 5.26 Å². The van der Waals surface area contributed by atoms with E-state index in [-0.39, 0.29) is 23.3 Å². The Hall–Kier alpha value is -2.96. The molecule has 158 valence electrons. The standard InChI is InChI=1S/C21H25FN6O2/c22-16-1-3-17(4-2-16)25-21-18(20(24)29)11-28(26-21)19-12-27(7-5-15(19)9-23)10-14-6-8-30-13-14/h1-4,11,14-15,19H,5-8,10,12-13H2,(H2,24,29)(H,25,26). The molecule has 9 heteroatoms. The van der Waals surface area contributed by atoms with Gasteiger partial charge in [0.1, 0.15) is 11.4 Å². The Balaban J connectivity index is 1.56. The number of amides is 1. The highest BCUT2D eigenvalue weighted by molar-refractivity contribution is 5.98. The first-order valence-corrected chi connectivity index (χ1v) is 10.1. The Kier molecular flexibility index (Phi) is 5.97. The summed E-state index contributed by atoms with van der Waals surface area (Å²) < 4.78 is 20.3. The van der Waals surface area contributed by atoms with Gasteiger partial charge in [-0.05, 0) is 49.6 Å².